The Labute approximate surface area is 116 Å². The van der Waals surface area contributed by atoms with Crippen molar-refractivity contribution in [3.05, 3.63) is 23.2 Å². The van der Waals surface area contributed by atoms with E-state index in [-0.39, 0.29) is 0 Å². The Morgan fingerprint density at radius 2 is 2.17 bits per heavy atom. The maximum atomic E-state index is 5.99. The van der Waals surface area contributed by atoms with Crippen LogP contribution in [0.3, 0.4) is 0 Å². The number of hydrogen-bond acceptors (Lipinski definition) is 4. The van der Waals surface area contributed by atoms with E-state index >= 15 is 0 Å². The summed E-state index contributed by atoms with van der Waals surface area (Å²) < 4.78 is 1.15. The number of piperidine rings is 1. The van der Waals surface area contributed by atoms with E-state index in [9.17, 15) is 0 Å². The smallest absolute Gasteiger partial charge is 0.184 e. The van der Waals surface area contributed by atoms with Crippen molar-refractivity contribution in [3.63, 3.8) is 0 Å². The van der Waals surface area contributed by atoms with Crippen molar-refractivity contribution in [2.24, 2.45) is 0 Å². The van der Waals surface area contributed by atoms with Gasteiger partial charge in [-0.3, -0.25) is 0 Å². The van der Waals surface area contributed by atoms with Gasteiger partial charge in [-0.2, -0.15) is 0 Å². The Hall–Kier alpha value is -0.840. The maximum absolute atomic E-state index is 5.99. The Balaban J connectivity index is 1.74. The molecule has 0 saturated carbocycles. The van der Waals surface area contributed by atoms with Crippen LogP contribution in [0.1, 0.15) is 12.8 Å². The number of likely N-dealkylation sites (tertiary alicyclic amines) is 1. The van der Waals surface area contributed by atoms with Crippen LogP contribution in [0.25, 0.3) is 10.2 Å². The van der Waals surface area contributed by atoms with Crippen molar-refractivity contribution in [2.75, 3.05) is 25.5 Å². The van der Waals surface area contributed by atoms with Gasteiger partial charge >= 0.3 is 0 Å². The van der Waals surface area contributed by atoms with Gasteiger partial charge in [0.05, 0.1) is 10.2 Å². The molecule has 0 radical (unpaired) electrons. The average molecular weight is 282 g/mol. The molecule has 1 N–H and O–H groups in total. The molecule has 2 heterocycles. The zero-order valence-electron chi connectivity index (χ0n) is 10.3. The molecule has 0 bridgehead atoms. The van der Waals surface area contributed by atoms with Crippen LogP contribution in [0.4, 0.5) is 5.13 Å². The van der Waals surface area contributed by atoms with Crippen LogP contribution >= 0.6 is 22.9 Å². The molecule has 0 unspecified atom stereocenters. The number of hydrogen-bond donors (Lipinski definition) is 1. The molecule has 1 aliphatic rings. The lowest BCUT2D eigenvalue weighted by Gasteiger charge is -2.29. The lowest BCUT2D eigenvalue weighted by atomic mass is 10.1. The van der Waals surface area contributed by atoms with Gasteiger partial charge in [0.1, 0.15) is 0 Å². The van der Waals surface area contributed by atoms with Crippen molar-refractivity contribution in [3.8, 4) is 0 Å². The zero-order chi connectivity index (χ0) is 12.5. The Kier molecular flexibility index (Phi) is 3.41. The largest absolute Gasteiger partial charge is 0.359 e. The van der Waals surface area contributed by atoms with Gasteiger partial charge in [0, 0.05) is 11.1 Å². The molecule has 2 aromatic rings. The van der Waals surface area contributed by atoms with Crippen molar-refractivity contribution >= 4 is 38.3 Å². The normalized spacial score (nSPS) is 18.3. The highest BCUT2D eigenvalue weighted by atomic mass is 35.5. The number of benzene rings is 1. The van der Waals surface area contributed by atoms with Gasteiger partial charge < -0.3 is 10.2 Å². The van der Waals surface area contributed by atoms with Crippen molar-refractivity contribution in [2.45, 2.75) is 18.9 Å². The molecule has 0 spiro atoms. The van der Waals surface area contributed by atoms with Crippen LogP contribution in [-0.2, 0) is 0 Å². The predicted octanol–water partition coefficient (Wildman–Crippen LogP) is 3.46. The van der Waals surface area contributed by atoms with E-state index in [0.717, 1.165) is 33.5 Å². The predicted molar refractivity (Wildman–Crippen MR) is 78.8 cm³/mol. The fourth-order valence-electron chi connectivity index (χ4n) is 2.29. The summed E-state index contributed by atoms with van der Waals surface area (Å²) in [5, 5.41) is 5.34. The van der Waals surface area contributed by atoms with E-state index in [2.05, 4.69) is 22.2 Å². The van der Waals surface area contributed by atoms with Gasteiger partial charge in [0.2, 0.25) is 0 Å². The second-order valence-electron chi connectivity index (χ2n) is 4.85. The Bertz CT molecular complexity index is 546. The van der Waals surface area contributed by atoms with Crippen LogP contribution in [0.15, 0.2) is 18.2 Å². The summed E-state index contributed by atoms with van der Waals surface area (Å²) >= 11 is 7.67. The minimum Gasteiger partial charge on any atom is -0.359 e. The molecule has 3 rings (SSSR count). The Morgan fingerprint density at radius 1 is 1.39 bits per heavy atom. The average Bonchev–Trinajstić information content (AvgIpc) is 2.73. The summed E-state index contributed by atoms with van der Waals surface area (Å²) in [5.41, 5.74) is 1.03. The van der Waals surface area contributed by atoms with E-state index in [0.29, 0.717) is 6.04 Å². The molecule has 0 aliphatic carbocycles. The molecule has 1 fully saturated rings. The number of nitrogens with one attached hydrogen (secondary N) is 1. The van der Waals surface area contributed by atoms with Crippen molar-refractivity contribution in [1.29, 1.82) is 0 Å². The molecular formula is C13H16ClN3S. The van der Waals surface area contributed by atoms with Crippen LogP contribution in [0.5, 0.6) is 0 Å². The molecular weight excluding hydrogens is 266 g/mol. The summed E-state index contributed by atoms with van der Waals surface area (Å²) in [6.07, 6.45) is 2.38. The molecule has 5 heteroatoms. The third-order valence-corrected chi connectivity index (χ3v) is 4.58. The molecule has 3 nitrogen and oxygen atoms in total. The van der Waals surface area contributed by atoms with E-state index in [4.69, 9.17) is 11.6 Å². The standard InChI is InChI=1S/C13H16ClN3S/c1-17-6-4-10(5-7-17)15-13-16-11-3-2-9(14)8-12(11)18-13/h2-3,8,10H,4-7H2,1H3,(H,15,16). The van der Waals surface area contributed by atoms with E-state index in [1.165, 1.54) is 12.8 Å². The molecule has 0 amide bonds. The SMILES string of the molecule is CN1CCC(Nc2nc3ccc(Cl)cc3s2)CC1. The minimum atomic E-state index is 0.553. The van der Waals surface area contributed by atoms with E-state index < -0.39 is 0 Å². The second-order valence-corrected chi connectivity index (χ2v) is 6.32. The van der Waals surface area contributed by atoms with Gasteiger partial charge in [-0.25, -0.2) is 4.98 Å². The quantitative estimate of drug-likeness (QED) is 0.914. The summed E-state index contributed by atoms with van der Waals surface area (Å²) in [4.78, 5) is 6.97. The van der Waals surface area contributed by atoms with Crippen LogP contribution in [-0.4, -0.2) is 36.1 Å². The van der Waals surface area contributed by atoms with Gasteiger partial charge in [0.15, 0.2) is 5.13 Å². The molecule has 1 saturated heterocycles. The number of anilines is 1. The number of halogens is 1. The fraction of sp³-hybridized carbons (Fsp3) is 0.462. The van der Waals surface area contributed by atoms with Gasteiger partial charge in [-0.1, -0.05) is 22.9 Å². The highest BCUT2D eigenvalue weighted by Crippen LogP contribution is 2.29. The summed E-state index contributed by atoms with van der Waals surface area (Å²) in [6, 6.07) is 6.41. The summed E-state index contributed by atoms with van der Waals surface area (Å²) in [7, 11) is 2.18. The zero-order valence-corrected chi connectivity index (χ0v) is 11.9. The molecule has 96 valence electrons. The molecule has 1 aliphatic heterocycles. The van der Waals surface area contributed by atoms with Crippen LogP contribution in [0.2, 0.25) is 5.02 Å². The topological polar surface area (TPSA) is 28.2 Å². The number of nitrogens with zero attached hydrogens (tertiary/aromatic N) is 2. The van der Waals surface area contributed by atoms with E-state index in [1.807, 2.05) is 18.2 Å². The highest BCUT2D eigenvalue weighted by Gasteiger charge is 2.17. The second kappa shape index (κ2) is 5.03. The first-order valence-electron chi connectivity index (χ1n) is 6.22. The van der Waals surface area contributed by atoms with E-state index in [1.54, 1.807) is 11.3 Å². The monoisotopic (exact) mass is 281 g/mol. The van der Waals surface area contributed by atoms with Gasteiger partial charge in [-0.05, 0) is 51.2 Å². The third kappa shape index (κ3) is 2.60. The van der Waals surface area contributed by atoms with Crippen molar-refractivity contribution in [1.82, 2.24) is 9.88 Å². The van der Waals surface area contributed by atoms with Gasteiger partial charge in [-0.15, -0.1) is 0 Å². The highest BCUT2D eigenvalue weighted by molar-refractivity contribution is 7.22. The minimum absolute atomic E-state index is 0.553. The first-order chi connectivity index (χ1) is 8.70. The number of aromatic nitrogens is 1. The molecule has 1 aromatic carbocycles. The lowest BCUT2D eigenvalue weighted by molar-refractivity contribution is 0.264. The maximum Gasteiger partial charge on any atom is 0.184 e. The Morgan fingerprint density at radius 3 is 2.94 bits per heavy atom. The first kappa shape index (κ1) is 12.2. The number of rotatable bonds is 2. The fourth-order valence-corrected chi connectivity index (χ4v) is 3.51. The number of fused-ring (bicyclic) bond motifs is 1. The van der Waals surface area contributed by atoms with Gasteiger partial charge in [0.25, 0.3) is 0 Å². The van der Waals surface area contributed by atoms with Crippen LogP contribution < -0.4 is 5.32 Å². The molecule has 1 aromatic heterocycles. The molecule has 0 atom stereocenters. The summed E-state index contributed by atoms with van der Waals surface area (Å²) in [6.45, 7) is 2.32. The van der Waals surface area contributed by atoms with Crippen LogP contribution in [0, 0.1) is 0 Å². The lowest BCUT2D eigenvalue weighted by Crippen LogP contribution is -2.36. The first-order valence-corrected chi connectivity index (χ1v) is 7.41. The third-order valence-electron chi connectivity index (χ3n) is 3.40. The summed E-state index contributed by atoms with van der Waals surface area (Å²) in [5.74, 6) is 0. The van der Waals surface area contributed by atoms with Crippen molar-refractivity contribution < 1.29 is 0 Å². The number of thiazole rings is 1. The molecule has 18 heavy (non-hydrogen) atoms.